The first kappa shape index (κ1) is 17.5. The van der Waals surface area contributed by atoms with Crippen LogP contribution in [0.3, 0.4) is 0 Å². The fraction of sp³-hybridized carbons (Fsp3) is 0.833. The number of primary amides is 1. The van der Waals surface area contributed by atoms with Gasteiger partial charge >= 0.3 is 18.2 Å². The first-order valence-electron chi connectivity index (χ1n) is 6.71. The molecule has 6 nitrogen and oxygen atoms in total. The number of hydrogen-bond donors (Lipinski definition) is 2. The lowest BCUT2D eigenvalue weighted by Crippen LogP contribution is -2.54. The predicted molar refractivity (Wildman–Crippen MR) is 68.4 cm³/mol. The van der Waals surface area contributed by atoms with Crippen molar-refractivity contribution < 1.29 is 27.5 Å². The number of carbonyl (C=O) groups is 2. The Bertz CT molecular complexity index is 376. The van der Waals surface area contributed by atoms with E-state index in [1.165, 1.54) is 4.90 Å². The van der Waals surface area contributed by atoms with Gasteiger partial charge in [0.15, 0.2) is 0 Å². The second-order valence-corrected chi connectivity index (χ2v) is 5.05. The Morgan fingerprint density at radius 2 is 2.05 bits per heavy atom. The lowest BCUT2D eigenvalue weighted by molar-refractivity contribution is -0.145. The van der Waals surface area contributed by atoms with E-state index in [0.29, 0.717) is 6.42 Å². The number of halogens is 3. The van der Waals surface area contributed by atoms with E-state index in [-0.39, 0.29) is 32.0 Å². The van der Waals surface area contributed by atoms with Crippen molar-refractivity contribution in [1.82, 2.24) is 10.2 Å². The second-order valence-electron chi connectivity index (χ2n) is 5.05. The molecule has 1 aliphatic heterocycles. The van der Waals surface area contributed by atoms with Crippen molar-refractivity contribution >= 4 is 12.0 Å². The lowest BCUT2D eigenvalue weighted by atomic mass is 9.91. The number of carbonyl (C=O) groups excluding carboxylic acids is 2. The van der Waals surface area contributed by atoms with Gasteiger partial charge in [-0.2, -0.15) is 13.2 Å². The third kappa shape index (κ3) is 6.65. The molecule has 0 aliphatic carbocycles. The zero-order valence-corrected chi connectivity index (χ0v) is 11.8. The molecular formula is C12H20F3N3O3. The van der Waals surface area contributed by atoms with Crippen LogP contribution < -0.4 is 11.1 Å². The fourth-order valence-corrected chi connectivity index (χ4v) is 2.40. The van der Waals surface area contributed by atoms with Gasteiger partial charge in [0.05, 0.1) is 19.6 Å². The molecule has 1 aliphatic rings. The van der Waals surface area contributed by atoms with Gasteiger partial charge in [0.25, 0.3) is 0 Å². The Morgan fingerprint density at radius 3 is 2.57 bits per heavy atom. The Morgan fingerprint density at radius 1 is 1.38 bits per heavy atom. The number of piperidine rings is 1. The van der Waals surface area contributed by atoms with Crippen molar-refractivity contribution in [1.29, 1.82) is 0 Å². The van der Waals surface area contributed by atoms with Crippen LogP contribution in [0.25, 0.3) is 0 Å². The van der Waals surface area contributed by atoms with Crippen LogP contribution in [0.5, 0.6) is 0 Å². The summed E-state index contributed by atoms with van der Waals surface area (Å²) in [5.74, 6) is -0.695. The third-order valence-corrected chi connectivity index (χ3v) is 3.20. The highest BCUT2D eigenvalue weighted by molar-refractivity contribution is 5.73. The molecule has 0 saturated carbocycles. The van der Waals surface area contributed by atoms with Gasteiger partial charge in [-0.3, -0.25) is 4.79 Å². The number of likely N-dealkylation sites (tertiary alicyclic amines) is 1. The topological polar surface area (TPSA) is 84.7 Å². The van der Waals surface area contributed by atoms with Gasteiger partial charge in [0, 0.05) is 19.1 Å². The molecule has 122 valence electrons. The fourth-order valence-electron chi connectivity index (χ4n) is 2.40. The Balaban J connectivity index is 2.59. The second kappa shape index (κ2) is 7.48. The van der Waals surface area contributed by atoms with Crippen LogP contribution in [-0.2, 0) is 9.53 Å². The number of rotatable bonds is 5. The molecule has 0 bridgehead atoms. The van der Waals surface area contributed by atoms with E-state index in [2.05, 4.69) is 5.32 Å². The lowest BCUT2D eigenvalue weighted by Gasteiger charge is -2.37. The first-order valence-corrected chi connectivity index (χ1v) is 6.71. The summed E-state index contributed by atoms with van der Waals surface area (Å²) in [6.07, 6.45) is -3.91. The number of nitrogens with one attached hydrogen (secondary N) is 1. The van der Waals surface area contributed by atoms with Crippen LogP contribution in [-0.4, -0.2) is 55.4 Å². The minimum atomic E-state index is -4.33. The monoisotopic (exact) mass is 311 g/mol. The maximum absolute atomic E-state index is 12.2. The van der Waals surface area contributed by atoms with E-state index in [1.807, 2.05) is 0 Å². The standard InChI is InChI=1S/C12H20F3N3O3/c1-2-21-10(19)4-8-3-9(17-7-12(13,14)15)6-18(5-8)11(16)20/h8-9,17H,2-7H2,1H3,(H2,16,20). The molecule has 0 spiro atoms. The van der Waals surface area contributed by atoms with Crippen molar-refractivity contribution in [2.75, 3.05) is 26.2 Å². The molecule has 2 amide bonds. The van der Waals surface area contributed by atoms with Gasteiger partial charge in [-0.05, 0) is 19.3 Å². The molecule has 1 saturated heterocycles. The highest BCUT2D eigenvalue weighted by atomic mass is 19.4. The number of nitrogens with two attached hydrogens (primary N) is 1. The molecule has 21 heavy (non-hydrogen) atoms. The summed E-state index contributed by atoms with van der Waals surface area (Å²) in [5, 5.41) is 2.36. The summed E-state index contributed by atoms with van der Waals surface area (Å²) in [6, 6.07) is -1.25. The molecular weight excluding hydrogens is 291 g/mol. The van der Waals surface area contributed by atoms with Crippen LogP contribution in [0.15, 0.2) is 0 Å². The molecule has 0 aromatic heterocycles. The number of nitrogens with zero attached hydrogens (tertiary/aromatic N) is 1. The minimum Gasteiger partial charge on any atom is -0.466 e. The molecule has 1 rings (SSSR count). The van der Waals surface area contributed by atoms with E-state index in [9.17, 15) is 22.8 Å². The highest BCUT2D eigenvalue weighted by Gasteiger charge is 2.33. The van der Waals surface area contributed by atoms with E-state index < -0.39 is 30.8 Å². The van der Waals surface area contributed by atoms with Crippen molar-refractivity contribution in [3.05, 3.63) is 0 Å². The van der Waals surface area contributed by atoms with Crippen LogP contribution in [0.2, 0.25) is 0 Å². The minimum absolute atomic E-state index is 0.0574. The van der Waals surface area contributed by atoms with Gasteiger partial charge < -0.3 is 20.7 Å². The summed E-state index contributed by atoms with van der Waals surface area (Å²) >= 11 is 0. The number of ether oxygens (including phenoxy) is 1. The normalized spacial score (nSPS) is 23.0. The van der Waals surface area contributed by atoms with Gasteiger partial charge in [-0.15, -0.1) is 0 Å². The predicted octanol–water partition coefficient (Wildman–Crippen LogP) is 0.861. The first-order chi connectivity index (χ1) is 9.71. The van der Waals surface area contributed by atoms with Gasteiger partial charge in [0.1, 0.15) is 0 Å². The zero-order valence-electron chi connectivity index (χ0n) is 11.8. The zero-order chi connectivity index (χ0) is 16.0. The van der Waals surface area contributed by atoms with Crippen molar-refractivity contribution in [3.8, 4) is 0 Å². The van der Waals surface area contributed by atoms with Crippen molar-refractivity contribution in [2.45, 2.75) is 32.0 Å². The molecule has 9 heteroatoms. The van der Waals surface area contributed by atoms with Gasteiger partial charge in [-0.25, -0.2) is 4.79 Å². The quantitative estimate of drug-likeness (QED) is 0.738. The number of alkyl halides is 3. The maximum Gasteiger partial charge on any atom is 0.401 e. The molecule has 2 unspecified atom stereocenters. The Hall–Kier alpha value is -1.51. The molecule has 3 N–H and O–H groups in total. The smallest absolute Gasteiger partial charge is 0.401 e. The number of urea groups is 1. The largest absolute Gasteiger partial charge is 0.466 e. The number of esters is 1. The number of amides is 2. The summed E-state index contributed by atoms with van der Waals surface area (Å²) in [5.41, 5.74) is 5.18. The van der Waals surface area contributed by atoms with Gasteiger partial charge in [0.2, 0.25) is 0 Å². The molecule has 0 radical (unpaired) electrons. The van der Waals surface area contributed by atoms with Gasteiger partial charge in [-0.1, -0.05) is 0 Å². The summed E-state index contributed by atoms with van der Waals surface area (Å²) < 4.78 is 41.5. The highest BCUT2D eigenvalue weighted by Crippen LogP contribution is 2.22. The van der Waals surface area contributed by atoms with E-state index >= 15 is 0 Å². The summed E-state index contributed by atoms with van der Waals surface area (Å²) in [4.78, 5) is 23.9. The molecule has 1 fully saturated rings. The third-order valence-electron chi connectivity index (χ3n) is 3.20. The van der Waals surface area contributed by atoms with Crippen molar-refractivity contribution in [2.24, 2.45) is 11.7 Å². The SMILES string of the molecule is CCOC(=O)CC1CC(NCC(F)(F)F)CN(C(N)=O)C1. The maximum atomic E-state index is 12.2. The van der Waals surface area contributed by atoms with Crippen LogP contribution in [0.4, 0.5) is 18.0 Å². The Kier molecular flexibility index (Phi) is 6.25. The average molecular weight is 311 g/mol. The van der Waals surface area contributed by atoms with E-state index in [1.54, 1.807) is 6.92 Å². The van der Waals surface area contributed by atoms with E-state index in [4.69, 9.17) is 10.5 Å². The average Bonchev–Trinajstić information content (AvgIpc) is 2.35. The Labute approximate surface area is 120 Å². The molecule has 1 heterocycles. The molecule has 2 atom stereocenters. The van der Waals surface area contributed by atoms with Crippen LogP contribution >= 0.6 is 0 Å². The van der Waals surface area contributed by atoms with Crippen LogP contribution in [0.1, 0.15) is 19.8 Å². The molecule has 0 aromatic rings. The van der Waals surface area contributed by atoms with E-state index in [0.717, 1.165) is 0 Å². The molecule has 0 aromatic carbocycles. The summed E-state index contributed by atoms with van der Waals surface area (Å²) in [7, 11) is 0. The number of hydrogen-bond acceptors (Lipinski definition) is 4. The van der Waals surface area contributed by atoms with Crippen molar-refractivity contribution in [3.63, 3.8) is 0 Å². The van der Waals surface area contributed by atoms with Crippen LogP contribution in [0, 0.1) is 5.92 Å². The summed E-state index contributed by atoms with van der Waals surface area (Å²) in [6.45, 7) is 1.11.